The van der Waals surface area contributed by atoms with Crippen LogP contribution in [-0.2, 0) is 6.54 Å². The fourth-order valence-corrected chi connectivity index (χ4v) is 2.23. The monoisotopic (exact) mass is 243 g/mol. The third kappa shape index (κ3) is 2.79. The van der Waals surface area contributed by atoms with E-state index < -0.39 is 0 Å². The van der Waals surface area contributed by atoms with E-state index in [4.69, 9.17) is 0 Å². The van der Waals surface area contributed by atoms with Crippen LogP contribution in [0.1, 0.15) is 28.3 Å². The molecule has 0 aliphatic rings. The van der Waals surface area contributed by atoms with Crippen LogP contribution in [0.2, 0.25) is 0 Å². The molecular formula is C15H21N3. The second-order valence-electron chi connectivity index (χ2n) is 4.94. The molecule has 3 heteroatoms. The Hall–Kier alpha value is -1.61. The third-order valence-corrected chi connectivity index (χ3v) is 3.29. The molecule has 1 unspecified atom stereocenters. The third-order valence-electron chi connectivity index (χ3n) is 3.29. The van der Waals surface area contributed by atoms with Crippen molar-refractivity contribution in [3.63, 3.8) is 0 Å². The Morgan fingerprint density at radius 3 is 2.61 bits per heavy atom. The van der Waals surface area contributed by atoms with Crippen molar-refractivity contribution in [1.82, 2.24) is 15.1 Å². The van der Waals surface area contributed by atoms with Crippen LogP contribution in [0.15, 0.2) is 30.6 Å². The van der Waals surface area contributed by atoms with Crippen LogP contribution < -0.4 is 5.32 Å². The van der Waals surface area contributed by atoms with Gasteiger partial charge in [-0.2, -0.15) is 5.10 Å². The van der Waals surface area contributed by atoms with Crippen LogP contribution in [0.5, 0.6) is 0 Å². The molecule has 1 heterocycles. The predicted octanol–water partition coefficient (Wildman–Crippen LogP) is 2.77. The molecule has 0 saturated heterocycles. The fourth-order valence-electron chi connectivity index (χ4n) is 2.23. The van der Waals surface area contributed by atoms with E-state index in [1.54, 1.807) is 0 Å². The molecule has 1 atom stereocenters. The van der Waals surface area contributed by atoms with Gasteiger partial charge in [-0.25, -0.2) is 0 Å². The highest BCUT2D eigenvalue weighted by molar-refractivity contribution is 5.33. The van der Waals surface area contributed by atoms with Gasteiger partial charge >= 0.3 is 0 Å². The van der Waals surface area contributed by atoms with Gasteiger partial charge in [0.1, 0.15) is 0 Å². The first-order valence-corrected chi connectivity index (χ1v) is 6.33. The summed E-state index contributed by atoms with van der Waals surface area (Å²) in [5.41, 5.74) is 5.17. The zero-order valence-electron chi connectivity index (χ0n) is 11.6. The zero-order chi connectivity index (χ0) is 13.1. The lowest BCUT2D eigenvalue weighted by atomic mass is 9.99. The molecule has 0 amide bonds. The van der Waals surface area contributed by atoms with E-state index in [2.05, 4.69) is 55.6 Å². The maximum atomic E-state index is 4.36. The first kappa shape index (κ1) is 12.8. The molecule has 0 spiro atoms. The minimum absolute atomic E-state index is 0.296. The molecule has 0 aliphatic heterocycles. The Kier molecular flexibility index (Phi) is 3.82. The molecule has 2 rings (SSSR count). The van der Waals surface area contributed by atoms with Gasteiger partial charge < -0.3 is 5.32 Å². The molecule has 2 aromatic rings. The fraction of sp³-hybridized carbons (Fsp3) is 0.400. The highest BCUT2D eigenvalue weighted by atomic mass is 15.3. The van der Waals surface area contributed by atoms with E-state index in [-0.39, 0.29) is 0 Å². The second-order valence-corrected chi connectivity index (χ2v) is 4.94. The Morgan fingerprint density at radius 2 is 2.00 bits per heavy atom. The van der Waals surface area contributed by atoms with E-state index in [1.165, 1.54) is 22.3 Å². The summed E-state index contributed by atoms with van der Waals surface area (Å²) in [4.78, 5) is 0. The number of benzene rings is 1. The standard InChI is InChI=1S/C15H21N3/c1-11-5-6-13(3)14(7-11)15(16-4)10-18-9-12(2)8-17-18/h5-9,15-16H,10H2,1-4H3. The Bertz CT molecular complexity index is 528. The molecule has 0 radical (unpaired) electrons. The number of rotatable bonds is 4. The molecular weight excluding hydrogens is 222 g/mol. The van der Waals surface area contributed by atoms with Gasteiger partial charge in [0.2, 0.25) is 0 Å². The zero-order valence-corrected chi connectivity index (χ0v) is 11.6. The summed E-state index contributed by atoms with van der Waals surface area (Å²) in [5, 5.41) is 7.74. The summed E-state index contributed by atoms with van der Waals surface area (Å²) < 4.78 is 2.00. The van der Waals surface area contributed by atoms with Crippen molar-refractivity contribution in [2.45, 2.75) is 33.4 Å². The maximum absolute atomic E-state index is 4.36. The molecule has 1 aromatic heterocycles. The first-order valence-electron chi connectivity index (χ1n) is 6.33. The van der Waals surface area contributed by atoms with Gasteiger partial charge in [-0.05, 0) is 44.5 Å². The SMILES string of the molecule is CNC(Cn1cc(C)cn1)c1cc(C)ccc1C. The Morgan fingerprint density at radius 1 is 1.22 bits per heavy atom. The average molecular weight is 243 g/mol. The number of aromatic nitrogens is 2. The van der Waals surface area contributed by atoms with Crippen molar-refractivity contribution in [3.8, 4) is 0 Å². The Labute approximate surface area is 109 Å². The van der Waals surface area contributed by atoms with Crippen molar-refractivity contribution < 1.29 is 0 Å². The number of likely N-dealkylation sites (N-methyl/N-ethyl adjacent to an activating group) is 1. The van der Waals surface area contributed by atoms with Crippen LogP contribution in [0, 0.1) is 20.8 Å². The van der Waals surface area contributed by atoms with Crippen LogP contribution in [0.4, 0.5) is 0 Å². The quantitative estimate of drug-likeness (QED) is 0.895. The molecule has 0 bridgehead atoms. The number of hydrogen-bond donors (Lipinski definition) is 1. The van der Waals surface area contributed by atoms with Crippen molar-refractivity contribution in [3.05, 3.63) is 52.8 Å². The molecule has 0 aliphatic carbocycles. The smallest absolute Gasteiger partial charge is 0.0604 e. The summed E-state index contributed by atoms with van der Waals surface area (Å²) in [6.45, 7) is 7.21. The summed E-state index contributed by atoms with van der Waals surface area (Å²) >= 11 is 0. The summed E-state index contributed by atoms with van der Waals surface area (Å²) in [7, 11) is 2.00. The van der Waals surface area contributed by atoms with Crippen LogP contribution in [0.3, 0.4) is 0 Å². The van der Waals surface area contributed by atoms with Gasteiger partial charge in [-0.3, -0.25) is 4.68 Å². The van der Waals surface area contributed by atoms with Crippen LogP contribution in [-0.4, -0.2) is 16.8 Å². The summed E-state index contributed by atoms with van der Waals surface area (Å²) in [6.07, 6.45) is 3.98. The predicted molar refractivity (Wildman–Crippen MR) is 74.7 cm³/mol. The maximum Gasteiger partial charge on any atom is 0.0604 e. The van der Waals surface area contributed by atoms with Gasteiger partial charge in [-0.1, -0.05) is 23.8 Å². The Balaban J connectivity index is 2.25. The molecule has 0 saturated carbocycles. The van der Waals surface area contributed by atoms with Gasteiger partial charge in [0.25, 0.3) is 0 Å². The largest absolute Gasteiger partial charge is 0.311 e. The lowest BCUT2D eigenvalue weighted by molar-refractivity contribution is 0.466. The number of hydrogen-bond acceptors (Lipinski definition) is 2. The van der Waals surface area contributed by atoms with E-state index in [1.807, 2.05) is 17.9 Å². The highest BCUT2D eigenvalue weighted by Crippen LogP contribution is 2.20. The molecule has 96 valence electrons. The minimum atomic E-state index is 0.296. The molecule has 1 N–H and O–H groups in total. The van der Waals surface area contributed by atoms with Crippen molar-refractivity contribution in [2.75, 3.05) is 7.05 Å². The van der Waals surface area contributed by atoms with Gasteiger partial charge in [0.05, 0.1) is 18.8 Å². The molecule has 3 nitrogen and oxygen atoms in total. The van der Waals surface area contributed by atoms with Crippen LogP contribution in [0.25, 0.3) is 0 Å². The summed E-state index contributed by atoms with van der Waals surface area (Å²) in [5.74, 6) is 0. The summed E-state index contributed by atoms with van der Waals surface area (Å²) in [6, 6.07) is 6.89. The minimum Gasteiger partial charge on any atom is -0.311 e. The van der Waals surface area contributed by atoms with Crippen molar-refractivity contribution in [2.24, 2.45) is 0 Å². The van der Waals surface area contributed by atoms with E-state index >= 15 is 0 Å². The van der Waals surface area contributed by atoms with Gasteiger partial charge in [-0.15, -0.1) is 0 Å². The van der Waals surface area contributed by atoms with Crippen LogP contribution >= 0.6 is 0 Å². The second kappa shape index (κ2) is 5.36. The average Bonchev–Trinajstić information content (AvgIpc) is 2.75. The normalized spacial score (nSPS) is 12.7. The molecule has 18 heavy (non-hydrogen) atoms. The number of nitrogens with one attached hydrogen (secondary N) is 1. The number of aryl methyl sites for hydroxylation is 3. The lowest BCUT2D eigenvalue weighted by Gasteiger charge is -2.19. The van der Waals surface area contributed by atoms with Gasteiger partial charge in [0, 0.05) is 6.20 Å². The van der Waals surface area contributed by atoms with Gasteiger partial charge in [0.15, 0.2) is 0 Å². The molecule has 0 fully saturated rings. The number of nitrogens with zero attached hydrogens (tertiary/aromatic N) is 2. The van der Waals surface area contributed by atoms with E-state index in [0.717, 1.165) is 6.54 Å². The molecule has 1 aromatic carbocycles. The van der Waals surface area contributed by atoms with E-state index in [0.29, 0.717) is 6.04 Å². The highest BCUT2D eigenvalue weighted by Gasteiger charge is 2.13. The van der Waals surface area contributed by atoms with Crippen molar-refractivity contribution >= 4 is 0 Å². The van der Waals surface area contributed by atoms with Crippen molar-refractivity contribution in [1.29, 1.82) is 0 Å². The first-order chi connectivity index (χ1) is 8.60. The lowest BCUT2D eigenvalue weighted by Crippen LogP contribution is -2.23. The topological polar surface area (TPSA) is 29.9 Å². The van der Waals surface area contributed by atoms with E-state index in [9.17, 15) is 0 Å².